The van der Waals surface area contributed by atoms with Crippen LogP contribution in [0.5, 0.6) is 11.5 Å². The van der Waals surface area contributed by atoms with E-state index in [9.17, 15) is 4.79 Å². The van der Waals surface area contributed by atoms with Crippen molar-refractivity contribution in [2.45, 2.75) is 39.3 Å². The van der Waals surface area contributed by atoms with Gasteiger partial charge in [-0.05, 0) is 69.6 Å². The van der Waals surface area contributed by atoms with Crippen molar-refractivity contribution in [2.24, 2.45) is 5.92 Å². The van der Waals surface area contributed by atoms with E-state index in [-0.39, 0.29) is 17.9 Å². The highest BCUT2D eigenvalue weighted by molar-refractivity contribution is 5.79. The SMILES string of the molecule is COc1ccc(OC[C@@H](C)NC(=O)C2CCN(Cc3ccc(C)cc3)CC2)cc1. The number of carbonyl (C=O) groups is 1. The fraction of sp³-hybridized carbons (Fsp3) is 0.458. The van der Waals surface area contributed by atoms with Crippen LogP contribution in [0.2, 0.25) is 0 Å². The zero-order valence-electron chi connectivity index (χ0n) is 17.7. The number of hydrogen-bond acceptors (Lipinski definition) is 4. The van der Waals surface area contributed by atoms with Crippen molar-refractivity contribution in [2.75, 3.05) is 26.8 Å². The van der Waals surface area contributed by atoms with Crippen molar-refractivity contribution in [1.82, 2.24) is 10.2 Å². The van der Waals surface area contributed by atoms with Gasteiger partial charge >= 0.3 is 0 Å². The molecule has 1 aliphatic heterocycles. The lowest BCUT2D eigenvalue weighted by Gasteiger charge is -2.32. The third kappa shape index (κ3) is 6.50. The van der Waals surface area contributed by atoms with Gasteiger partial charge in [-0.1, -0.05) is 29.8 Å². The van der Waals surface area contributed by atoms with E-state index in [1.165, 1.54) is 11.1 Å². The number of ether oxygens (including phenoxy) is 2. The van der Waals surface area contributed by atoms with Crippen LogP contribution in [0.3, 0.4) is 0 Å². The highest BCUT2D eigenvalue weighted by Crippen LogP contribution is 2.20. The predicted molar refractivity (Wildman–Crippen MR) is 115 cm³/mol. The molecule has 1 aliphatic rings. The first-order chi connectivity index (χ1) is 14.0. The fourth-order valence-electron chi connectivity index (χ4n) is 3.60. The van der Waals surface area contributed by atoms with Crippen molar-refractivity contribution in [1.29, 1.82) is 0 Å². The quantitative estimate of drug-likeness (QED) is 0.737. The highest BCUT2D eigenvalue weighted by atomic mass is 16.5. The van der Waals surface area contributed by atoms with Crippen LogP contribution in [0.15, 0.2) is 48.5 Å². The summed E-state index contributed by atoms with van der Waals surface area (Å²) < 4.78 is 10.9. The third-order valence-corrected chi connectivity index (χ3v) is 5.43. The number of hydrogen-bond donors (Lipinski definition) is 1. The summed E-state index contributed by atoms with van der Waals surface area (Å²) in [6.45, 7) is 7.42. The summed E-state index contributed by atoms with van der Waals surface area (Å²) in [7, 11) is 1.64. The Morgan fingerprint density at radius 2 is 1.69 bits per heavy atom. The zero-order valence-corrected chi connectivity index (χ0v) is 17.7. The van der Waals surface area contributed by atoms with Crippen LogP contribution in [0.1, 0.15) is 30.9 Å². The van der Waals surface area contributed by atoms with Gasteiger partial charge in [0.25, 0.3) is 0 Å². The van der Waals surface area contributed by atoms with E-state index in [4.69, 9.17) is 9.47 Å². The van der Waals surface area contributed by atoms with Gasteiger partial charge < -0.3 is 14.8 Å². The van der Waals surface area contributed by atoms with E-state index < -0.39 is 0 Å². The van der Waals surface area contributed by atoms with Gasteiger partial charge in [0.1, 0.15) is 18.1 Å². The molecule has 0 spiro atoms. The number of nitrogens with zero attached hydrogens (tertiary/aromatic N) is 1. The van der Waals surface area contributed by atoms with Crippen LogP contribution in [0.4, 0.5) is 0 Å². The van der Waals surface area contributed by atoms with E-state index in [1.54, 1.807) is 7.11 Å². The summed E-state index contributed by atoms with van der Waals surface area (Å²) in [6, 6.07) is 16.1. The Morgan fingerprint density at radius 3 is 2.31 bits per heavy atom. The molecular formula is C24H32N2O3. The summed E-state index contributed by atoms with van der Waals surface area (Å²) >= 11 is 0. The molecule has 29 heavy (non-hydrogen) atoms. The number of piperidine rings is 1. The Labute approximate surface area is 174 Å². The zero-order chi connectivity index (χ0) is 20.6. The molecule has 5 nitrogen and oxygen atoms in total. The maximum absolute atomic E-state index is 12.6. The molecule has 1 saturated heterocycles. The average molecular weight is 397 g/mol. The van der Waals surface area contributed by atoms with E-state index in [2.05, 4.69) is 41.4 Å². The fourth-order valence-corrected chi connectivity index (χ4v) is 3.60. The number of carbonyl (C=O) groups excluding carboxylic acids is 1. The van der Waals surface area contributed by atoms with Crippen molar-refractivity contribution >= 4 is 5.91 Å². The molecule has 0 aliphatic carbocycles. The number of benzene rings is 2. The molecule has 1 atom stereocenters. The summed E-state index contributed by atoms with van der Waals surface area (Å²) in [4.78, 5) is 15.0. The Kier molecular flexibility index (Phi) is 7.53. The first-order valence-corrected chi connectivity index (χ1v) is 10.4. The minimum atomic E-state index is -0.0322. The van der Waals surface area contributed by atoms with Crippen molar-refractivity contribution in [3.8, 4) is 11.5 Å². The lowest BCUT2D eigenvalue weighted by molar-refractivity contribution is -0.127. The Balaban J connectivity index is 1.37. The van der Waals surface area contributed by atoms with Gasteiger partial charge in [0.2, 0.25) is 5.91 Å². The first kappa shape index (κ1) is 21.2. The molecule has 0 saturated carbocycles. The molecule has 1 fully saturated rings. The molecule has 156 valence electrons. The molecule has 0 unspecified atom stereocenters. The monoisotopic (exact) mass is 396 g/mol. The standard InChI is InChI=1S/C24H32N2O3/c1-18-4-6-20(7-5-18)16-26-14-12-21(13-15-26)24(27)25-19(2)17-29-23-10-8-22(28-3)9-11-23/h4-11,19,21H,12-17H2,1-3H3,(H,25,27)/t19-/m1/s1. The van der Waals surface area contributed by atoms with Gasteiger partial charge in [0.05, 0.1) is 13.2 Å². The summed E-state index contributed by atoms with van der Waals surface area (Å²) in [5.41, 5.74) is 2.62. The second kappa shape index (κ2) is 10.3. The molecule has 0 radical (unpaired) electrons. The van der Waals surface area contributed by atoms with Crippen molar-refractivity contribution in [3.05, 3.63) is 59.7 Å². The Bertz CT molecular complexity index is 766. The molecule has 0 bridgehead atoms. The van der Waals surface area contributed by atoms with Crippen molar-refractivity contribution < 1.29 is 14.3 Å². The number of likely N-dealkylation sites (tertiary alicyclic amines) is 1. The maximum atomic E-state index is 12.6. The summed E-state index contributed by atoms with van der Waals surface area (Å²) in [6.07, 6.45) is 1.81. The van der Waals surface area contributed by atoms with Crippen LogP contribution >= 0.6 is 0 Å². The van der Waals surface area contributed by atoms with Crippen LogP contribution in [0, 0.1) is 12.8 Å². The molecule has 0 aromatic heterocycles. The Hall–Kier alpha value is -2.53. The van der Waals surface area contributed by atoms with Crippen LogP contribution < -0.4 is 14.8 Å². The van der Waals surface area contributed by atoms with E-state index in [0.29, 0.717) is 6.61 Å². The minimum Gasteiger partial charge on any atom is -0.497 e. The normalized spacial score (nSPS) is 16.2. The minimum absolute atomic E-state index is 0.0322. The molecule has 1 heterocycles. The molecule has 2 aromatic carbocycles. The van der Waals surface area contributed by atoms with E-state index in [0.717, 1.165) is 44.0 Å². The first-order valence-electron chi connectivity index (χ1n) is 10.4. The number of nitrogens with one attached hydrogen (secondary N) is 1. The maximum Gasteiger partial charge on any atom is 0.223 e. The summed E-state index contributed by atoms with van der Waals surface area (Å²) in [5, 5.41) is 3.11. The van der Waals surface area contributed by atoms with E-state index >= 15 is 0 Å². The second-order valence-corrected chi connectivity index (χ2v) is 7.93. The number of rotatable bonds is 8. The molecule has 2 aromatic rings. The third-order valence-electron chi connectivity index (χ3n) is 5.43. The predicted octanol–water partition coefficient (Wildman–Crippen LogP) is 3.80. The second-order valence-electron chi connectivity index (χ2n) is 7.93. The van der Waals surface area contributed by atoms with Gasteiger partial charge in [-0.15, -0.1) is 0 Å². The largest absolute Gasteiger partial charge is 0.497 e. The van der Waals surface area contributed by atoms with Crippen LogP contribution in [0.25, 0.3) is 0 Å². The average Bonchev–Trinajstić information content (AvgIpc) is 2.75. The van der Waals surface area contributed by atoms with Gasteiger partial charge in [-0.3, -0.25) is 9.69 Å². The van der Waals surface area contributed by atoms with Gasteiger partial charge in [-0.2, -0.15) is 0 Å². The summed E-state index contributed by atoms with van der Waals surface area (Å²) in [5.74, 6) is 1.81. The molecule has 5 heteroatoms. The van der Waals surface area contributed by atoms with Crippen LogP contribution in [-0.2, 0) is 11.3 Å². The lowest BCUT2D eigenvalue weighted by atomic mass is 9.95. The topological polar surface area (TPSA) is 50.8 Å². The van der Waals surface area contributed by atoms with E-state index in [1.807, 2.05) is 31.2 Å². The lowest BCUT2D eigenvalue weighted by Crippen LogP contribution is -2.44. The number of amides is 1. The van der Waals surface area contributed by atoms with Crippen LogP contribution in [-0.4, -0.2) is 43.7 Å². The van der Waals surface area contributed by atoms with Crippen molar-refractivity contribution in [3.63, 3.8) is 0 Å². The molecule has 1 amide bonds. The smallest absolute Gasteiger partial charge is 0.223 e. The Morgan fingerprint density at radius 1 is 1.07 bits per heavy atom. The number of methoxy groups -OCH3 is 1. The highest BCUT2D eigenvalue weighted by Gasteiger charge is 2.25. The molecular weight excluding hydrogens is 364 g/mol. The number of aryl methyl sites for hydroxylation is 1. The van der Waals surface area contributed by atoms with Gasteiger partial charge in [-0.25, -0.2) is 0 Å². The van der Waals surface area contributed by atoms with Gasteiger partial charge in [0.15, 0.2) is 0 Å². The molecule has 1 N–H and O–H groups in total. The van der Waals surface area contributed by atoms with Gasteiger partial charge in [0, 0.05) is 12.5 Å². The molecule has 3 rings (SSSR count).